The second kappa shape index (κ2) is 8.65. The molecule has 27 heavy (non-hydrogen) atoms. The maximum atomic E-state index is 6.38. The van der Waals surface area contributed by atoms with Crippen LogP contribution in [-0.4, -0.2) is 41.9 Å². The zero-order valence-corrected chi connectivity index (χ0v) is 17.3. The summed E-state index contributed by atoms with van der Waals surface area (Å²) in [6.45, 7) is 6.79. The Morgan fingerprint density at radius 2 is 2.11 bits per heavy atom. The molecule has 0 aliphatic carbocycles. The summed E-state index contributed by atoms with van der Waals surface area (Å²) in [5, 5.41) is 12.3. The number of rotatable bonds is 4. The van der Waals surface area contributed by atoms with Gasteiger partial charge in [-0.2, -0.15) is 5.10 Å². The third-order valence-electron chi connectivity index (χ3n) is 5.27. The molecule has 0 spiro atoms. The van der Waals surface area contributed by atoms with Crippen molar-refractivity contribution in [1.82, 2.24) is 20.4 Å². The molecule has 1 unspecified atom stereocenters. The lowest BCUT2D eigenvalue weighted by atomic mass is 10.0. The second-order valence-electron chi connectivity index (χ2n) is 7.08. The molecule has 0 amide bonds. The molecule has 1 aromatic carbocycles. The average Bonchev–Trinajstić information content (AvgIpc) is 2.91. The molecule has 1 atom stereocenters. The van der Waals surface area contributed by atoms with Crippen molar-refractivity contribution in [3.8, 4) is 0 Å². The second-order valence-corrected chi connectivity index (χ2v) is 7.49. The number of aryl methyl sites for hydroxylation is 2. The minimum absolute atomic E-state index is 0.331. The summed E-state index contributed by atoms with van der Waals surface area (Å²) in [4.78, 5) is 6.75. The van der Waals surface area contributed by atoms with Gasteiger partial charge in [-0.05, 0) is 38.8 Å². The van der Waals surface area contributed by atoms with Crippen LogP contribution >= 0.6 is 11.6 Å². The van der Waals surface area contributed by atoms with E-state index in [2.05, 4.69) is 38.6 Å². The molecule has 2 N–H and O–H groups in total. The van der Waals surface area contributed by atoms with Gasteiger partial charge in [0.25, 0.3) is 0 Å². The Labute approximate surface area is 166 Å². The highest BCUT2D eigenvalue weighted by Gasteiger charge is 2.22. The Morgan fingerprint density at radius 1 is 1.33 bits per heavy atom. The maximum absolute atomic E-state index is 6.38. The topological polar surface area (TPSA) is 57.5 Å². The predicted octanol–water partition coefficient (Wildman–Crippen LogP) is 3.02. The van der Waals surface area contributed by atoms with Crippen LogP contribution in [0.5, 0.6) is 0 Å². The Hall–Kier alpha value is -2.21. The van der Waals surface area contributed by atoms with Gasteiger partial charge < -0.3 is 15.5 Å². The number of guanidine groups is 1. The lowest BCUT2D eigenvalue weighted by molar-refractivity contribution is 0.468. The fraction of sp³-hybridized carbons (Fsp3) is 0.500. The van der Waals surface area contributed by atoms with Gasteiger partial charge in [-0.25, -0.2) is 0 Å². The summed E-state index contributed by atoms with van der Waals surface area (Å²) in [6, 6.07) is 8.38. The first kappa shape index (κ1) is 19.5. The van der Waals surface area contributed by atoms with Gasteiger partial charge in [0.2, 0.25) is 0 Å². The van der Waals surface area contributed by atoms with Crippen LogP contribution < -0.4 is 15.5 Å². The Morgan fingerprint density at radius 3 is 2.78 bits per heavy atom. The fourth-order valence-corrected chi connectivity index (χ4v) is 3.91. The minimum atomic E-state index is 0.331. The summed E-state index contributed by atoms with van der Waals surface area (Å²) in [6.07, 6.45) is 2.24. The molecule has 0 radical (unpaired) electrons. The number of aliphatic imine (C=N–C) groups is 1. The molecule has 3 rings (SSSR count). The van der Waals surface area contributed by atoms with Crippen LogP contribution in [0.3, 0.4) is 0 Å². The van der Waals surface area contributed by atoms with E-state index < -0.39 is 0 Å². The number of benzene rings is 1. The van der Waals surface area contributed by atoms with Crippen molar-refractivity contribution >= 4 is 23.2 Å². The first-order valence-electron chi connectivity index (χ1n) is 9.45. The van der Waals surface area contributed by atoms with Gasteiger partial charge in [0.15, 0.2) is 5.96 Å². The molecule has 146 valence electrons. The van der Waals surface area contributed by atoms with Crippen LogP contribution in [0.25, 0.3) is 0 Å². The van der Waals surface area contributed by atoms with E-state index >= 15 is 0 Å². The highest BCUT2D eigenvalue weighted by molar-refractivity contribution is 6.33. The number of piperidine rings is 1. The zero-order valence-electron chi connectivity index (χ0n) is 16.6. The summed E-state index contributed by atoms with van der Waals surface area (Å²) >= 11 is 6.38. The zero-order chi connectivity index (χ0) is 19.4. The SMILES string of the molecule is CN=C(NCc1c(C)nn(C)c1C)NC1CCCN(c2ccccc2Cl)C1. The van der Waals surface area contributed by atoms with Crippen molar-refractivity contribution < 1.29 is 0 Å². The van der Waals surface area contributed by atoms with E-state index in [1.54, 1.807) is 0 Å². The Bertz CT molecular complexity index is 813. The lowest BCUT2D eigenvalue weighted by Gasteiger charge is -2.35. The van der Waals surface area contributed by atoms with Gasteiger partial charge in [0.1, 0.15) is 0 Å². The molecule has 0 bridgehead atoms. The van der Waals surface area contributed by atoms with E-state index in [1.165, 1.54) is 11.3 Å². The summed E-state index contributed by atoms with van der Waals surface area (Å²) in [5.41, 5.74) is 4.57. The molecule has 6 nitrogen and oxygen atoms in total. The Kier molecular flexibility index (Phi) is 6.26. The molecular weight excluding hydrogens is 360 g/mol. The van der Waals surface area contributed by atoms with Gasteiger partial charge in [-0.3, -0.25) is 9.67 Å². The molecular formula is C20H29ClN6. The van der Waals surface area contributed by atoms with Gasteiger partial charge in [0, 0.05) is 51.0 Å². The van der Waals surface area contributed by atoms with Crippen LogP contribution in [0.4, 0.5) is 5.69 Å². The molecule has 2 aromatic rings. The number of para-hydroxylation sites is 1. The van der Waals surface area contributed by atoms with Crippen LogP contribution in [0.1, 0.15) is 29.8 Å². The van der Waals surface area contributed by atoms with Gasteiger partial charge >= 0.3 is 0 Å². The monoisotopic (exact) mass is 388 g/mol. The highest BCUT2D eigenvalue weighted by Crippen LogP contribution is 2.27. The first-order valence-corrected chi connectivity index (χ1v) is 9.83. The number of anilines is 1. The van der Waals surface area contributed by atoms with Crippen LogP contribution in [0, 0.1) is 13.8 Å². The van der Waals surface area contributed by atoms with E-state index in [4.69, 9.17) is 11.6 Å². The van der Waals surface area contributed by atoms with Crippen LogP contribution in [0.2, 0.25) is 5.02 Å². The molecule has 0 saturated carbocycles. The quantitative estimate of drug-likeness (QED) is 0.624. The van der Waals surface area contributed by atoms with E-state index in [1.807, 2.05) is 43.9 Å². The number of halogens is 1. The summed E-state index contributed by atoms with van der Waals surface area (Å²) < 4.78 is 1.92. The number of hydrogen-bond acceptors (Lipinski definition) is 3. The molecule has 2 heterocycles. The molecule has 1 saturated heterocycles. The first-order chi connectivity index (χ1) is 13.0. The summed E-state index contributed by atoms with van der Waals surface area (Å²) in [7, 11) is 3.79. The van der Waals surface area contributed by atoms with E-state index in [9.17, 15) is 0 Å². The van der Waals surface area contributed by atoms with Gasteiger partial charge in [0.05, 0.1) is 16.4 Å². The number of aromatic nitrogens is 2. The normalized spacial score (nSPS) is 17.9. The smallest absolute Gasteiger partial charge is 0.191 e. The largest absolute Gasteiger partial charge is 0.368 e. The van der Waals surface area contributed by atoms with E-state index in [0.29, 0.717) is 12.6 Å². The molecule has 1 aliphatic heterocycles. The minimum Gasteiger partial charge on any atom is -0.368 e. The third kappa shape index (κ3) is 4.56. The van der Waals surface area contributed by atoms with Crippen molar-refractivity contribution in [3.63, 3.8) is 0 Å². The lowest BCUT2D eigenvalue weighted by Crippen LogP contribution is -2.51. The molecule has 1 aromatic heterocycles. The van der Waals surface area contributed by atoms with Crippen molar-refractivity contribution in [2.75, 3.05) is 25.0 Å². The highest BCUT2D eigenvalue weighted by atomic mass is 35.5. The fourth-order valence-electron chi connectivity index (χ4n) is 3.66. The van der Waals surface area contributed by atoms with Crippen molar-refractivity contribution in [2.45, 2.75) is 39.3 Å². The average molecular weight is 389 g/mol. The maximum Gasteiger partial charge on any atom is 0.191 e. The van der Waals surface area contributed by atoms with Gasteiger partial charge in [-0.1, -0.05) is 23.7 Å². The van der Waals surface area contributed by atoms with Crippen LogP contribution in [0.15, 0.2) is 29.3 Å². The van der Waals surface area contributed by atoms with Gasteiger partial charge in [-0.15, -0.1) is 0 Å². The standard InChI is InChI=1S/C20H29ClN6/c1-14-17(15(2)26(4)25-14)12-23-20(22-3)24-16-8-7-11-27(13-16)19-10-6-5-9-18(19)21/h5-6,9-10,16H,7-8,11-13H2,1-4H3,(H2,22,23,24). The number of nitrogens with one attached hydrogen (secondary N) is 2. The van der Waals surface area contributed by atoms with Crippen molar-refractivity contribution in [2.24, 2.45) is 12.0 Å². The van der Waals surface area contributed by atoms with Crippen molar-refractivity contribution in [1.29, 1.82) is 0 Å². The molecule has 1 aliphatic rings. The third-order valence-corrected chi connectivity index (χ3v) is 5.59. The Balaban J connectivity index is 1.60. The number of hydrogen-bond donors (Lipinski definition) is 2. The van der Waals surface area contributed by atoms with Crippen LogP contribution in [-0.2, 0) is 13.6 Å². The van der Waals surface area contributed by atoms with E-state index in [-0.39, 0.29) is 0 Å². The van der Waals surface area contributed by atoms with Crippen molar-refractivity contribution in [3.05, 3.63) is 46.2 Å². The molecule has 1 fully saturated rings. The molecule has 7 heteroatoms. The summed E-state index contributed by atoms with van der Waals surface area (Å²) in [5.74, 6) is 0.823. The van der Waals surface area contributed by atoms with E-state index in [0.717, 1.165) is 48.3 Å². The number of nitrogens with zero attached hydrogens (tertiary/aromatic N) is 4. The predicted molar refractivity (Wildman–Crippen MR) is 113 cm³/mol.